The van der Waals surface area contributed by atoms with Gasteiger partial charge in [-0.05, 0) is 43.7 Å². The van der Waals surface area contributed by atoms with Crippen LogP contribution in [-0.2, 0) is 16.1 Å². The number of carbonyl (C=O) groups excluding carboxylic acids is 2. The van der Waals surface area contributed by atoms with Crippen LogP contribution in [0.2, 0.25) is 0 Å². The van der Waals surface area contributed by atoms with Crippen LogP contribution in [0.15, 0.2) is 30.3 Å². The molecule has 6 heteroatoms. The van der Waals surface area contributed by atoms with E-state index in [0.717, 1.165) is 51.0 Å². The molecule has 5 nitrogen and oxygen atoms in total. The second-order valence-corrected chi connectivity index (χ2v) is 8.50. The van der Waals surface area contributed by atoms with Crippen molar-refractivity contribution in [3.63, 3.8) is 0 Å². The number of nitrogens with one attached hydrogen (secondary N) is 2. The summed E-state index contributed by atoms with van der Waals surface area (Å²) < 4.78 is 0. The van der Waals surface area contributed by atoms with E-state index in [-0.39, 0.29) is 29.6 Å². The summed E-state index contributed by atoms with van der Waals surface area (Å²) >= 11 is 0. The van der Waals surface area contributed by atoms with Gasteiger partial charge >= 0.3 is 0 Å². The highest BCUT2D eigenvalue weighted by Crippen LogP contribution is 2.45. The van der Waals surface area contributed by atoms with Gasteiger partial charge in [-0.3, -0.25) is 9.59 Å². The molecule has 28 heavy (non-hydrogen) atoms. The first kappa shape index (κ1) is 21.1. The zero-order valence-electron chi connectivity index (χ0n) is 16.5. The van der Waals surface area contributed by atoms with Crippen molar-refractivity contribution in [2.75, 3.05) is 26.2 Å². The van der Waals surface area contributed by atoms with Crippen LogP contribution >= 0.6 is 12.4 Å². The van der Waals surface area contributed by atoms with Crippen molar-refractivity contribution in [2.45, 2.75) is 45.1 Å². The maximum atomic E-state index is 13.3. The van der Waals surface area contributed by atoms with Crippen molar-refractivity contribution < 1.29 is 9.59 Å². The van der Waals surface area contributed by atoms with Gasteiger partial charge in [0.2, 0.25) is 11.8 Å². The fourth-order valence-corrected chi connectivity index (χ4v) is 5.26. The molecule has 1 aliphatic carbocycles. The largest absolute Gasteiger partial charge is 0.352 e. The van der Waals surface area contributed by atoms with Crippen LogP contribution in [0.4, 0.5) is 0 Å². The first-order valence-corrected chi connectivity index (χ1v) is 10.5. The zero-order valence-corrected chi connectivity index (χ0v) is 17.3. The van der Waals surface area contributed by atoms with Gasteiger partial charge in [-0.15, -0.1) is 12.4 Å². The Kier molecular flexibility index (Phi) is 7.00. The summed E-state index contributed by atoms with van der Waals surface area (Å²) in [6, 6.07) is 10.0. The molecule has 2 amide bonds. The fourth-order valence-electron chi connectivity index (χ4n) is 5.26. The molecule has 0 radical (unpaired) electrons. The van der Waals surface area contributed by atoms with Crippen LogP contribution in [0, 0.1) is 17.3 Å². The molecule has 0 aromatic heterocycles. The lowest BCUT2D eigenvalue weighted by molar-refractivity contribution is -0.148. The Bertz CT molecular complexity index is 676. The van der Waals surface area contributed by atoms with Crippen LogP contribution < -0.4 is 10.6 Å². The van der Waals surface area contributed by atoms with E-state index in [2.05, 4.69) is 10.6 Å². The molecule has 3 aliphatic rings. The molecule has 0 unspecified atom stereocenters. The van der Waals surface area contributed by atoms with E-state index in [1.165, 1.54) is 19.3 Å². The van der Waals surface area contributed by atoms with Gasteiger partial charge in [0.15, 0.2) is 0 Å². The number of piperidine rings is 1. The summed E-state index contributed by atoms with van der Waals surface area (Å²) in [5.41, 5.74) is 0.954. The number of halogens is 1. The number of likely N-dealkylation sites (tertiary alicyclic amines) is 1. The van der Waals surface area contributed by atoms with Crippen molar-refractivity contribution >= 4 is 24.2 Å². The molecular formula is C22H32ClN3O2. The van der Waals surface area contributed by atoms with E-state index in [1.807, 2.05) is 35.2 Å². The van der Waals surface area contributed by atoms with Gasteiger partial charge in [0.05, 0.1) is 5.41 Å². The Morgan fingerprint density at radius 1 is 1.11 bits per heavy atom. The molecule has 2 aliphatic heterocycles. The van der Waals surface area contributed by atoms with Crippen molar-refractivity contribution in [3.05, 3.63) is 35.9 Å². The van der Waals surface area contributed by atoms with E-state index >= 15 is 0 Å². The normalized spacial score (nSPS) is 27.6. The summed E-state index contributed by atoms with van der Waals surface area (Å²) in [7, 11) is 0. The third-order valence-corrected chi connectivity index (χ3v) is 6.93. The summed E-state index contributed by atoms with van der Waals surface area (Å²) in [6.45, 7) is 3.85. The molecule has 1 aromatic rings. The van der Waals surface area contributed by atoms with Gasteiger partial charge in [0.1, 0.15) is 0 Å². The highest BCUT2D eigenvalue weighted by molar-refractivity contribution is 5.85. The highest BCUT2D eigenvalue weighted by Gasteiger charge is 2.51. The first-order chi connectivity index (χ1) is 13.2. The lowest BCUT2D eigenvalue weighted by Crippen LogP contribution is -2.52. The second kappa shape index (κ2) is 9.27. The van der Waals surface area contributed by atoms with E-state index in [0.29, 0.717) is 18.4 Å². The minimum Gasteiger partial charge on any atom is -0.352 e. The van der Waals surface area contributed by atoms with Crippen LogP contribution in [0.5, 0.6) is 0 Å². The zero-order chi connectivity index (χ0) is 18.7. The lowest BCUT2D eigenvalue weighted by Gasteiger charge is -2.42. The van der Waals surface area contributed by atoms with Gasteiger partial charge in [-0.25, -0.2) is 0 Å². The first-order valence-electron chi connectivity index (χ1n) is 10.5. The monoisotopic (exact) mass is 405 g/mol. The maximum Gasteiger partial charge on any atom is 0.230 e. The minimum absolute atomic E-state index is 0. The topological polar surface area (TPSA) is 61.4 Å². The van der Waals surface area contributed by atoms with E-state index in [9.17, 15) is 9.59 Å². The Morgan fingerprint density at radius 2 is 1.86 bits per heavy atom. The SMILES string of the molecule is Cl.O=C(NCc1ccccc1)C1CCN(C(=O)[C@@]23CCCC[C@H]2CNC3)CC1. The average molecular weight is 406 g/mol. The van der Waals surface area contributed by atoms with Crippen molar-refractivity contribution in [1.29, 1.82) is 0 Å². The predicted molar refractivity (Wildman–Crippen MR) is 112 cm³/mol. The number of carbonyl (C=O) groups is 2. The number of rotatable bonds is 4. The molecular weight excluding hydrogens is 374 g/mol. The molecule has 2 N–H and O–H groups in total. The lowest BCUT2D eigenvalue weighted by atomic mass is 9.67. The number of hydrogen-bond acceptors (Lipinski definition) is 3. The summed E-state index contributed by atoms with van der Waals surface area (Å²) in [5, 5.41) is 6.53. The Balaban J connectivity index is 0.00000225. The summed E-state index contributed by atoms with van der Waals surface area (Å²) in [6.07, 6.45) is 6.19. The van der Waals surface area contributed by atoms with Crippen molar-refractivity contribution in [1.82, 2.24) is 15.5 Å². The molecule has 1 saturated carbocycles. The van der Waals surface area contributed by atoms with Gasteiger partial charge in [-0.2, -0.15) is 0 Å². The standard InChI is InChI=1S/C22H31N3O2.ClH/c26-20(24-14-17-6-2-1-3-7-17)18-9-12-25(13-10-18)21(27)22-11-5-4-8-19(22)15-23-16-22;/h1-3,6-7,18-19,23H,4-5,8-16H2,(H,24,26);1H/t19-,22+;/m0./s1. The third kappa shape index (κ3) is 4.20. The van der Waals surface area contributed by atoms with Crippen LogP contribution in [0.25, 0.3) is 0 Å². The number of amides is 2. The van der Waals surface area contributed by atoms with E-state index in [4.69, 9.17) is 0 Å². The van der Waals surface area contributed by atoms with E-state index in [1.54, 1.807) is 0 Å². The molecule has 2 atom stereocenters. The van der Waals surface area contributed by atoms with Crippen molar-refractivity contribution in [3.8, 4) is 0 Å². The van der Waals surface area contributed by atoms with Gasteiger partial charge in [0.25, 0.3) is 0 Å². The molecule has 154 valence electrons. The second-order valence-electron chi connectivity index (χ2n) is 8.50. The quantitative estimate of drug-likeness (QED) is 0.809. The minimum atomic E-state index is -0.166. The fraction of sp³-hybridized carbons (Fsp3) is 0.636. The molecule has 2 heterocycles. The number of benzene rings is 1. The Labute approximate surface area is 174 Å². The number of fused-ring (bicyclic) bond motifs is 1. The van der Waals surface area contributed by atoms with Crippen LogP contribution in [0.1, 0.15) is 44.1 Å². The summed E-state index contributed by atoms with van der Waals surface area (Å²) in [5.74, 6) is 1.01. The van der Waals surface area contributed by atoms with Crippen molar-refractivity contribution in [2.24, 2.45) is 17.3 Å². The van der Waals surface area contributed by atoms with Gasteiger partial charge in [-0.1, -0.05) is 43.2 Å². The molecule has 3 fully saturated rings. The number of hydrogen-bond donors (Lipinski definition) is 2. The van der Waals surface area contributed by atoms with E-state index < -0.39 is 0 Å². The Morgan fingerprint density at radius 3 is 2.61 bits per heavy atom. The highest BCUT2D eigenvalue weighted by atomic mass is 35.5. The smallest absolute Gasteiger partial charge is 0.230 e. The predicted octanol–water partition coefficient (Wildman–Crippen LogP) is 2.74. The molecule has 2 saturated heterocycles. The molecule has 0 spiro atoms. The maximum absolute atomic E-state index is 13.3. The van der Waals surface area contributed by atoms with Crippen LogP contribution in [0.3, 0.4) is 0 Å². The average Bonchev–Trinajstić information content (AvgIpc) is 3.17. The third-order valence-electron chi connectivity index (χ3n) is 6.93. The number of nitrogens with zero attached hydrogens (tertiary/aromatic N) is 1. The summed E-state index contributed by atoms with van der Waals surface area (Å²) in [4.78, 5) is 27.9. The molecule has 4 rings (SSSR count). The Hall–Kier alpha value is -1.59. The van der Waals surface area contributed by atoms with Crippen LogP contribution in [-0.4, -0.2) is 42.9 Å². The van der Waals surface area contributed by atoms with Gasteiger partial charge in [0, 0.05) is 32.1 Å². The van der Waals surface area contributed by atoms with Gasteiger partial charge < -0.3 is 15.5 Å². The molecule has 0 bridgehead atoms. The molecule has 1 aromatic carbocycles.